The van der Waals surface area contributed by atoms with E-state index in [1.807, 2.05) is 18.2 Å². The molecule has 3 aromatic carbocycles. The summed E-state index contributed by atoms with van der Waals surface area (Å²) >= 11 is 2.34. The molecule has 0 saturated carbocycles. The lowest BCUT2D eigenvalue weighted by molar-refractivity contribution is 0.417. The van der Waals surface area contributed by atoms with Crippen LogP contribution in [0.2, 0.25) is 0 Å². The second-order valence-electron chi connectivity index (χ2n) is 6.18. The summed E-state index contributed by atoms with van der Waals surface area (Å²) < 4.78 is 6.63. The zero-order chi connectivity index (χ0) is 18.3. The molecule has 4 rings (SSSR count). The van der Waals surface area contributed by atoms with E-state index in [-0.39, 0.29) is 0 Å². The Bertz CT molecular complexity index is 1080. The summed E-state index contributed by atoms with van der Waals surface area (Å²) in [5.74, 6) is 0.710. The lowest BCUT2D eigenvalue weighted by Crippen LogP contribution is -2.00. The van der Waals surface area contributed by atoms with Gasteiger partial charge in [0.15, 0.2) is 0 Å². The molecule has 5 heteroatoms. The van der Waals surface area contributed by atoms with Crippen LogP contribution in [0.25, 0.3) is 21.8 Å². The number of fused-ring (bicyclic) bond motifs is 2. The number of aryl methyl sites for hydroxylation is 1. The summed E-state index contributed by atoms with van der Waals surface area (Å²) in [6.07, 6.45) is 0. The van der Waals surface area contributed by atoms with E-state index >= 15 is 0 Å². The largest absolute Gasteiger partial charge is 0.494 e. The molecule has 0 aliphatic rings. The first-order chi connectivity index (χ1) is 12.6. The average molecular weight is 455 g/mol. The van der Waals surface area contributed by atoms with E-state index in [0.717, 1.165) is 42.3 Å². The molecule has 130 valence electrons. The Labute approximate surface area is 165 Å². The smallest absolute Gasteiger partial charge is 0.144 e. The first-order valence-corrected chi connectivity index (χ1v) is 9.34. The van der Waals surface area contributed by atoms with Gasteiger partial charge in [-0.1, -0.05) is 30.3 Å². The van der Waals surface area contributed by atoms with Crippen molar-refractivity contribution in [3.8, 4) is 5.75 Å². The zero-order valence-corrected chi connectivity index (χ0v) is 16.7. The fourth-order valence-corrected chi connectivity index (χ4v) is 3.80. The topological polar surface area (TPSA) is 60.2 Å². The molecule has 0 unspecified atom stereocenters. The van der Waals surface area contributed by atoms with Gasteiger partial charge in [0.05, 0.1) is 29.5 Å². The van der Waals surface area contributed by atoms with Crippen molar-refractivity contribution in [3.05, 3.63) is 63.7 Å². The minimum absolute atomic E-state index is 0.669. The molecule has 0 aliphatic carbocycles. The Kier molecular flexibility index (Phi) is 4.32. The van der Waals surface area contributed by atoms with Crippen LogP contribution in [-0.2, 0) is 0 Å². The maximum Gasteiger partial charge on any atom is 0.144 e. The molecule has 4 nitrogen and oxygen atoms in total. The van der Waals surface area contributed by atoms with Crippen LogP contribution in [0.15, 0.2) is 54.6 Å². The van der Waals surface area contributed by atoms with Gasteiger partial charge in [0, 0.05) is 26.1 Å². The molecule has 0 bridgehead atoms. The van der Waals surface area contributed by atoms with Gasteiger partial charge < -0.3 is 15.8 Å². The van der Waals surface area contributed by atoms with Gasteiger partial charge in [-0.25, -0.2) is 4.98 Å². The quantitative estimate of drug-likeness (QED) is 0.239. The van der Waals surface area contributed by atoms with Gasteiger partial charge in [-0.2, -0.15) is 0 Å². The number of nitrogens with two attached hydrogens (primary N) is 1. The molecule has 0 aliphatic heterocycles. The number of nitrogens with one attached hydrogen (secondary N) is 1. The van der Waals surface area contributed by atoms with Gasteiger partial charge in [0.25, 0.3) is 0 Å². The molecule has 1 heterocycles. The van der Waals surface area contributed by atoms with Gasteiger partial charge in [-0.3, -0.25) is 0 Å². The number of para-hydroxylation sites is 2. The Balaban J connectivity index is 2.04. The van der Waals surface area contributed by atoms with Gasteiger partial charge in [0.2, 0.25) is 0 Å². The van der Waals surface area contributed by atoms with Gasteiger partial charge in [0.1, 0.15) is 5.75 Å². The molecule has 3 N–H and O–H groups in total. The van der Waals surface area contributed by atoms with Crippen LogP contribution in [0.3, 0.4) is 0 Å². The SMILES string of the molecule is COc1cc(N)ccc1Nc1c2cccc(C)c2nc2c(I)cccc12. The Morgan fingerprint density at radius 3 is 2.50 bits per heavy atom. The number of anilines is 3. The number of halogens is 1. The Morgan fingerprint density at radius 2 is 1.73 bits per heavy atom. The monoisotopic (exact) mass is 455 g/mol. The van der Waals surface area contributed by atoms with Crippen molar-refractivity contribution < 1.29 is 4.74 Å². The lowest BCUT2D eigenvalue weighted by Gasteiger charge is -2.17. The summed E-state index contributed by atoms with van der Waals surface area (Å²) in [5, 5.41) is 5.73. The standard InChI is InChI=1S/C21H18IN3O/c1-12-5-3-6-14-19(12)25-21-15(7-4-8-16(21)22)20(14)24-17-10-9-13(23)11-18(17)26-2/h3-11H,23H2,1-2H3,(H,24,25). The number of rotatable bonds is 3. The molecule has 0 saturated heterocycles. The van der Waals surface area contributed by atoms with Crippen molar-refractivity contribution in [2.45, 2.75) is 6.92 Å². The van der Waals surface area contributed by atoms with Gasteiger partial charge in [-0.15, -0.1) is 0 Å². The third-order valence-corrected chi connectivity index (χ3v) is 5.34. The van der Waals surface area contributed by atoms with Crippen LogP contribution in [0.5, 0.6) is 5.75 Å². The number of aromatic nitrogens is 1. The number of hydrogen-bond acceptors (Lipinski definition) is 4. The highest BCUT2D eigenvalue weighted by Gasteiger charge is 2.14. The highest BCUT2D eigenvalue weighted by Crippen LogP contribution is 2.38. The second-order valence-corrected chi connectivity index (χ2v) is 7.34. The Morgan fingerprint density at radius 1 is 1.00 bits per heavy atom. The van der Waals surface area contributed by atoms with E-state index < -0.39 is 0 Å². The van der Waals surface area contributed by atoms with Gasteiger partial charge in [-0.05, 0) is 53.3 Å². The number of ether oxygens (including phenoxy) is 1. The fraction of sp³-hybridized carbons (Fsp3) is 0.0952. The van der Waals surface area contributed by atoms with Crippen LogP contribution in [-0.4, -0.2) is 12.1 Å². The molecule has 0 amide bonds. The van der Waals surface area contributed by atoms with E-state index in [1.54, 1.807) is 7.11 Å². The predicted octanol–water partition coefficient (Wildman–Crippen LogP) is 5.64. The third-order valence-electron chi connectivity index (χ3n) is 4.47. The van der Waals surface area contributed by atoms with Crippen molar-refractivity contribution >= 4 is 61.5 Å². The van der Waals surface area contributed by atoms with Crippen molar-refractivity contribution in [1.29, 1.82) is 0 Å². The zero-order valence-electron chi connectivity index (χ0n) is 14.5. The number of benzene rings is 3. The van der Waals surface area contributed by atoms with Crippen molar-refractivity contribution in [2.24, 2.45) is 0 Å². The van der Waals surface area contributed by atoms with Gasteiger partial charge >= 0.3 is 0 Å². The molecule has 26 heavy (non-hydrogen) atoms. The molecule has 0 atom stereocenters. The molecular weight excluding hydrogens is 437 g/mol. The lowest BCUT2D eigenvalue weighted by atomic mass is 10.0. The minimum Gasteiger partial charge on any atom is -0.494 e. The van der Waals surface area contributed by atoms with Crippen molar-refractivity contribution in [3.63, 3.8) is 0 Å². The third kappa shape index (κ3) is 2.82. The molecule has 0 radical (unpaired) electrons. The van der Waals surface area contributed by atoms with E-state index in [9.17, 15) is 0 Å². The maximum atomic E-state index is 5.90. The number of hydrogen-bond donors (Lipinski definition) is 2. The van der Waals surface area contributed by atoms with Crippen LogP contribution in [0.4, 0.5) is 17.1 Å². The highest BCUT2D eigenvalue weighted by molar-refractivity contribution is 14.1. The van der Waals surface area contributed by atoms with E-state index in [4.69, 9.17) is 15.5 Å². The highest BCUT2D eigenvalue weighted by atomic mass is 127. The first kappa shape index (κ1) is 16.9. The molecule has 0 spiro atoms. The predicted molar refractivity (Wildman–Crippen MR) is 117 cm³/mol. The number of nitrogens with zero attached hydrogens (tertiary/aromatic N) is 1. The van der Waals surface area contributed by atoms with Crippen LogP contribution < -0.4 is 15.8 Å². The molecule has 0 fully saturated rings. The van der Waals surface area contributed by atoms with E-state index in [1.165, 1.54) is 0 Å². The fourth-order valence-electron chi connectivity index (χ4n) is 3.18. The summed E-state index contributed by atoms with van der Waals surface area (Å²) in [7, 11) is 1.65. The van der Waals surface area contributed by atoms with Crippen molar-refractivity contribution in [1.82, 2.24) is 4.98 Å². The molecule has 4 aromatic rings. The van der Waals surface area contributed by atoms with E-state index in [2.05, 4.69) is 71.2 Å². The minimum atomic E-state index is 0.669. The van der Waals surface area contributed by atoms with Crippen molar-refractivity contribution in [2.75, 3.05) is 18.2 Å². The summed E-state index contributed by atoms with van der Waals surface area (Å²) in [6, 6.07) is 18.1. The van der Waals surface area contributed by atoms with Crippen LogP contribution in [0.1, 0.15) is 5.56 Å². The molecular formula is C21H18IN3O. The second kappa shape index (κ2) is 6.64. The summed E-state index contributed by atoms with van der Waals surface area (Å²) in [6.45, 7) is 2.09. The van der Waals surface area contributed by atoms with Crippen LogP contribution in [0, 0.1) is 10.5 Å². The molecule has 1 aromatic heterocycles. The van der Waals surface area contributed by atoms with E-state index in [0.29, 0.717) is 11.4 Å². The maximum absolute atomic E-state index is 5.90. The summed E-state index contributed by atoms with van der Waals surface area (Å²) in [4.78, 5) is 4.94. The number of nitrogen functional groups attached to an aromatic ring is 1. The first-order valence-electron chi connectivity index (χ1n) is 8.26. The number of methoxy groups -OCH3 is 1. The summed E-state index contributed by atoms with van der Waals surface area (Å²) in [5.41, 5.74) is 11.6. The average Bonchev–Trinajstić information content (AvgIpc) is 2.64. The normalized spacial score (nSPS) is 11.0. The van der Waals surface area contributed by atoms with Crippen LogP contribution >= 0.6 is 22.6 Å². The number of pyridine rings is 1. The Hall–Kier alpha value is -2.54.